The van der Waals surface area contributed by atoms with E-state index < -0.39 is 29.4 Å². The van der Waals surface area contributed by atoms with Gasteiger partial charge in [-0.25, -0.2) is 18.6 Å². The van der Waals surface area contributed by atoms with Crippen molar-refractivity contribution in [2.45, 2.75) is 18.9 Å². The van der Waals surface area contributed by atoms with Crippen LogP contribution in [-0.2, 0) is 11.3 Å². The van der Waals surface area contributed by atoms with Crippen LogP contribution in [0.25, 0.3) is 0 Å². The molecule has 2 atom stereocenters. The lowest BCUT2D eigenvalue weighted by Gasteiger charge is -2.05. The van der Waals surface area contributed by atoms with Gasteiger partial charge < -0.3 is 10.4 Å². The third kappa shape index (κ3) is 3.21. The van der Waals surface area contributed by atoms with Crippen molar-refractivity contribution in [3.05, 3.63) is 51.5 Å². The minimum Gasteiger partial charge on any atom is -0.476 e. The van der Waals surface area contributed by atoms with Crippen LogP contribution in [0.15, 0.2) is 23.6 Å². The number of halogens is 2. The van der Waals surface area contributed by atoms with E-state index in [0.717, 1.165) is 11.3 Å². The fourth-order valence-corrected chi connectivity index (χ4v) is 3.16. The van der Waals surface area contributed by atoms with Crippen LogP contribution in [0, 0.1) is 17.6 Å². The van der Waals surface area contributed by atoms with E-state index in [2.05, 4.69) is 10.3 Å². The molecule has 1 aromatic carbocycles. The van der Waals surface area contributed by atoms with Crippen LogP contribution in [0.2, 0.25) is 0 Å². The normalized spacial score (nSPS) is 19.4. The maximum atomic E-state index is 13.7. The molecule has 2 N–H and O–H groups in total. The Labute approximate surface area is 134 Å². The average molecular weight is 338 g/mol. The van der Waals surface area contributed by atoms with Gasteiger partial charge >= 0.3 is 5.97 Å². The predicted octanol–water partition coefficient (Wildman–Crippen LogP) is 2.54. The number of thiazole rings is 1. The lowest BCUT2D eigenvalue weighted by atomic mass is 10.1. The van der Waals surface area contributed by atoms with Gasteiger partial charge in [0.1, 0.15) is 16.6 Å². The molecule has 1 heterocycles. The number of aromatic carboxylic acids is 1. The van der Waals surface area contributed by atoms with Crippen LogP contribution in [0.1, 0.15) is 33.4 Å². The summed E-state index contributed by atoms with van der Waals surface area (Å²) in [6.45, 7) is 0.0970. The smallest absolute Gasteiger partial charge is 0.355 e. The number of carbonyl (C=O) groups is 2. The fraction of sp³-hybridized carbons (Fsp3) is 0.267. The average Bonchev–Trinajstić information content (AvgIpc) is 3.12. The highest BCUT2D eigenvalue weighted by Gasteiger charge is 2.46. The molecule has 0 unspecified atom stereocenters. The number of nitrogens with zero attached hydrogens (tertiary/aromatic N) is 1. The Morgan fingerprint density at radius 1 is 1.35 bits per heavy atom. The van der Waals surface area contributed by atoms with Gasteiger partial charge in [-0.1, -0.05) is 6.07 Å². The SMILES string of the molecule is O=C(O)c1csc(CNC(=O)[C@H]2C[C@@H]2c2c(F)cccc2F)n1. The van der Waals surface area contributed by atoms with E-state index in [1.807, 2.05) is 0 Å². The number of hydrogen-bond acceptors (Lipinski definition) is 4. The predicted molar refractivity (Wildman–Crippen MR) is 78.1 cm³/mol. The van der Waals surface area contributed by atoms with E-state index in [1.165, 1.54) is 23.6 Å². The number of amides is 1. The van der Waals surface area contributed by atoms with E-state index in [-0.39, 0.29) is 23.7 Å². The molecule has 0 radical (unpaired) electrons. The van der Waals surface area contributed by atoms with E-state index in [9.17, 15) is 18.4 Å². The zero-order valence-corrected chi connectivity index (χ0v) is 12.6. The van der Waals surface area contributed by atoms with Crippen LogP contribution in [0.5, 0.6) is 0 Å². The molecule has 1 fully saturated rings. The van der Waals surface area contributed by atoms with Crippen molar-refractivity contribution in [3.8, 4) is 0 Å². The van der Waals surface area contributed by atoms with Crippen molar-refractivity contribution in [2.75, 3.05) is 0 Å². The summed E-state index contributed by atoms with van der Waals surface area (Å²) in [5, 5.41) is 13.2. The number of carbonyl (C=O) groups excluding carboxylic acids is 1. The molecule has 2 aromatic rings. The minimum absolute atomic E-state index is 0.0462. The van der Waals surface area contributed by atoms with Gasteiger partial charge in [-0.05, 0) is 18.6 Å². The minimum atomic E-state index is -1.13. The molecular formula is C15H12F2N2O3S. The van der Waals surface area contributed by atoms with Crippen LogP contribution >= 0.6 is 11.3 Å². The molecule has 23 heavy (non-hydrogen) atoms. The van der Waals surface area contributed by atoms with Gasteiger partial charge in [0.05, 0.1) is 6.54 Å². The lowest BCUT2D eigenvalue weighted by molar-refractivity contribution is -0.122. The van der Waals surface area contributed by atoms with Crippen molar-refractivity contribution < 1.29 is 23.5 Å². The number of carboxylic acids is 1. The third-order valence-electron chi connectivity index (χ3n) is 3.68. The van der Waals surface area contributed by atoms with E-state index in [1.54, 1.807) is 0 Å². The Hall–Kier alpha value is -2.35. The van der Waals surface area contributed by atoms with Crippen LogP contribution < -0.4 is 5.32 Å². The number of nitrogens with one attached hydrogen (secondary N) is 1. The molecule has 1 aliphatic rings. The number of carboxylic acid groups (broad SMARTS) is 1. The molecule has 120 valence electrons. The second-order valence-corrected chi connectivity index (χ2v) is 6.18. The summed E-state index contributed by atoms with van der Waals surface area (Å²) in [5.74, 6) is -3.66. The summed E-state index contributed by atoms with van der Waals surface area (Å²) in [5.41, 5.74) is -0.118. The van der Waals surface area contributed by atoms with Gasteiger partial charge in [0, 0.05) is 22.8 Å². The molecule has 1 amide bonds. The first-order valence-corrected chi connectivity index (χ1v) is 7.74. The first-order chi connectivity index (χ1) is 11.0. The molecule has 1 aliphatic carbocycles. The Kier molecular flexibility index (Phi) is 4.08. The Morgan fingerprint density at radius 3 is 2.65 bits per heavy atom. The van der Waals surface area contributed by atoms with E-state index in [0.29, 0.717) is 11.4 Å². The van der Waals surface area contributed by atoms with Gasteiger partial charge in [0.25, 0.3) is 0 Å². The third-order valence-corrected chi connectivity index (χ3v) is 4.53. The number of aromatic nitrogens is 1. The highest BCUT2D eigenvalue weighted by Crippen LogP contribution is 2.49. The maximum Gasteiger partial charge on any atom is 0.355 e. The molecule has 1 saturated carbocycles. The largest absolute Gasteiger partial charge is 0.476 e. The maximum absolute atomic E-state index is 13.7. The quantitative estimate of drug-likeness (QED) is 0.878. The van der Waals surface area contributed by atoms with Crippen molar-refractivity contribution in [1.29, 1.82) is 0 Å². The molecule has 8 heteroatoms. The highest BCUT2D eigenvalue weighted by atomic mass is 32.1. The van der Waals surface area contributed by atoms with Gasteiger partial charge in [0.15, 0.2) is 5.69 Å². The van der Waals surface area contributed by atoms with Gasteiger partial charge in [0.2, 0.25) is 5.91 Å². The monoisotopic (exact) mass is 338 g/mol. The van der Waals surface area contributed by atoms with E-state index in [4.69, 9.17) is 5.11 Å². The van der Waals surface area contributed by atoms with Gasteiger partial charge in [-0.15, -0.1) is 11.3 Å². The zero-order valence-electron chi connectivity index (χ0n) is 11.8. The summed E-state index contributed by atoms with van der Waals surface area (Å²) >= 11 is 1.13. The topological polar surface area (TPSA) is 79.3 Å². The number of hydrogen-bond donors (Lipinski definition) is 2. The van der Waals surface area contributed by atoms with Gasteiger partial charge in [-0.3, -0.25) is 4.79 Å². The van der Waals surface area contributed by atoms with E-state index >= 15 is 0 Å². The van der Waals surface area contributed by atoms with Crippen molar-refractivity contribution in [3.63, 3.8) is 0 Å². The van der Waals surface area contributed by atoms with Crippen LogP contribution in [0.3, 0.4) is 0 Å². The molecule has 5 nitrogen and oxygen atoms in total. The highest BCUT2D eigenvalue weighted by molar-refractivity contribution is 7.09. The summed E-state index contributed by atoms with van der Waals surface area (Å²) in [6.07, 6.45) is 0.391. The molecule has 0 spiro atoms. The Balaban J connectivity index is 1.59. The molecular weight excluding hydrogens is 326 g/mol. The Morgan fingerprint density at radius 2 is 2.04 bits per heavy atom. The lowest BCUT2D eigenvalue weighted by Crippen LogP contribution is -2.25. The van der Waals surface area contributed by atoms with Crippen LogP contribution in [-0.4, -0.2) is 22.0 Å². The molecule has 1 aromatic heterocycles. The molecule has 3 rings (SSSR count). The molecule has 0 aliphatic heterocycles. The second kappa shape index (κ2) is 6.04. The fourth-order valence-electron chi connectivity index (χ4n) is 2.45. The number of rotatable bonds is 5. The van der Waals surface area contributed by atoms with Gasteiger partial charge in [-0.2, -0.15) is 0 Å². The van der Waals surface area contributed by atoms with Crippen molar-refractivity contribution in [2.24, 2.45) is 5.92 Å². The summed E-state index contributed by atoms with van der Waals surface area (Å²) < 4.78 is 27.3. The second-order valence-electron chi connectivity index (χ2n) is 5.23. The summed E-state index contributed by atoms with van der Waals surface area (Å²) in [6, 6.07) is 3.64. The Bertz CT molecular complexity index is 758. The molecule has 0 saturated heterocycles. The summed E-state index contributed by atoms with van der Waals surface area (Å²) in [4.78, 5) is 26.6. The summed E-state index contributed by atoms with van der Waals surface area (Å²) in [7, 11) is 0. The first-order valence-electron chi connectivity index (χ1n) is 6.86. The zero-order chi connectivity index (χ0) is 16.6. The van der Waals surface area contributed by atoms with Crippen molar-refractivity contribution >= 4 is 23.2 Å². The standard InChI is InChI=1S/C15H12F2N2O3S/c16-9-2-1-3-10(17)13(9)7-4-8(7)14(20)18-5-12-19-11(6-23-12)15(21)22/h1-3,6-8H,4-5H2,(H,18,20)(H,21,22)/t7-,8-/m0/s1. The van der Waals surface area contributed by atoms with Crippen LogP contribution in [0.4, 0.5) is 8.78 Å². The number of benzene rings is 1. The first kappa shape index (κ1) is 15.5. The van der Waals surface area contributed by atoms with Crippen molar-refractivity contribution in [1.82, 2.24) is 10.3 Å². The molecule has 0 bridgehead atoms.